The molecule has 5 aromatic heterocycles. The van der Waals surface area contributed by atoms with Crippen molar-refractivity contribution >= 4 is 43.7 Å². The SMILES string of the molecule is c1coc(-c2[nH]c(-c3cc4ccccc4s3)c(-c3cccs3)c2-c2cc3ccccc3o2)c1. The second-order valence-corrected chi connectivity index (χ2v) is 9.91. The van der Waals surface area contributed by atoms with E-state index in [1.165, 1.54) is 19.8 Å². The molecule has 0 radical (unpaired) electrons. The van der Waals surface area contributed by atoms with Crippen LogP contribution in [0.4, 0.5) is 0 Å². The molecule has 0 saturated heterocycles. The highest BCUT2D eigenvalue weighted by Crippen LogP contribution is 2.50. The van der Waals surface area contributed by atoms with Crippen molar-refractivity contribution in [2.24, 2.45) is 0 Å². The quantitative estimate of drug-likeness (QED) is 0.282. The van der Waals surface area contributed by atoms with Crippen LogP contribution >= 0.6 is 22.7 Å². The monoisotopic (exact) mass is 463 g/mol. The molecule has 0 aliphatic rings. The number of H-pyrrole nitrogens is 1. The molecule has 1 N–H and O–H groups in total. The van der Waals surface area contributed by atoms with E-state index in [1.807, 2.05) is 30.3 Å². The summed E-state index contributed by atoms with van der Waals surface area (Å²) in [5.41, 5.74) is 5.05. The zero-order valence-corrected chi connectivity index (χ0v) is 19.0. The second kappa shape index (κ2) is 7.37. The molecule has 0 aliphatic carbocycles. The van der Waals surface area contributed by atoms with E-state index in [9.17, 15) is 0 Å². The fourth-order valence-corrected chi connectivity index (χ4v) is 6.27. The average Bonchev–Trinajstić information content (AvgIpc) is 3.66. The Kier molecular flexibility index (Phi) is 4.19. The Morgan fingerprint density at radius 3 is 2.33 bits per heavy atom. The van der Waals surface area contributed by atoms with Crippen LogP contribution in [0.5, 0.6) is 0 Å². The molecule has 5 heterocycles. The molecule has 5 heteroatoms. The number of nitrogens with one attached hydrogen (secondary N) is 1. The highest BCUT2D eigenvalue weighted by Gasteiger charge is 2.27. The molecule has 0 unspecified atom stereocenters. The Hall–Kier alpha value is -3.80. The van der Waals surface area contributed by atoms with Crippen LogP contribution in [0.2, 0.25) is 0 Å². The zero-order chi connectivity index (χ0) is 21.8. The van der Waals surface area contributed by atoms with Gasteiger partial charge < -0.3 is 13.8 Å². The minimum absolute atomic E-state index is 0.788. The molecule has 3 nitrogen and oxygen atoms in total. The van der Waals surface area contributed by atoms with Crippen molar-refractivity contribution in [3.05, 3.63) is 96.6 Å². The van der Waals surface area contributed by atoms with Gasteiger partial charge in [0.15, 0.2) is 5.76 Å². The first-order valence-electron chi connectivity index (χ1n) is 10.7. The molecule has 7 aromatic rings. The number of fused-ring (bicyclic) bond motifs is 2. The molecule has 0 atom stereocenters. The van der Waals surface area contributed by atoms with E-state index in [-0.39, 0.29) is 0 Å². The van der Waals surface area contributed by atoms with Gasteiger partial charge in [-0.05, 0) is 53.2 Å². The third kappa shape index (κ3) is 3.01. The Labute approximate surface area is 197 Å². The lowest BCUT2D eigenvalue weighted by Crippen LogP contribution is -1.80. The maximum Gasteiger partial charge on any atom is 0.150 e. The van der Waals surface area contributed by atoms with Gasteiger partial charge in [-0.1, -0.05) is 42.5 Å². The fourth-order valence-electron chi connectivity index (χ4n) is 4.41. The van der Waals surface area contributed by atoms with Gasteiger partial charge in [-0.3, -0.25) is 0 Å². The number of thiophene rings is 2. The average molecular weight is 464 g/mol. The topological polar surface area (TPSA) is 42.1 Å². The van der Waals surface area contributed by atoms with Crippen molar-refractivity contribution in [3.63, 3.8) is 0 Å². The minimum atomic E-state index is 0.788. The van der Waals surface area contributed by atoms with E-state index >= 15 is 0 Å². The van der Waals surface area contributed by atoms with Crippen LogP contribution in [0.3, 0.4) is 0 Å². The van der Waals surface area contributed by atoms with Gasteiger partial charge >= 0.3 is 0 Å². The summed E-state index contributed by atoms with van der Waals surface area (Å²) in [7, 11) is 0. The second-order valence-electron chi connectivity index (χ2n) is 7.88. The maximum absolute atomic E-state index is 6.39. The summed E-state index contributed by atoms with van der Waals surface area (Å²) in [6.45, 7) is 0. The Bertz CT molecular complexity index is 1650. The van der Waals surface area contributed by atoms with Crippen LogP contribution in [0.25, 0.3) is 64.8 Å². The largest absolute Gasteiger partial charge is 0.463 e. The number of para-hydroxylation sites is 1. The Morgan fingerprint density at radius 1 is 0.667 bits per heavy atom. The van der Waals surface area contributed by atoms with Crippen LogP contribution in [0.15, 0.2) is 105 Å². The summed E-state index contributed by atoms with van der Waals surface area (Å²) >= 11 is 3.52. The first-order valence-corrected chi connectivity index (χ1v) is 12.4. The molecular weight excluding hydrogens is 446 g/mol. The number of aromatic amines is 1. The van der Waals surface area contributed by atoms with E-state index in [4.69, 9.17) is 8.83 Å². The summed E-state index contributed by atoms with van der Waals surface area (Å²) in [6.07, 6.45) is 1.71. The van der Waals surface area contributed by atoms with Crippen LogP contribution in [0.1, 0.15) is 0 Å². The van der Waals surface area contributed by atoms with E-state index in [0.29, 0.717) is 0 Å². The van der Waals surface area contributed by atoms with Crippen molar-refractivity contribution < 1.29 is 8.83 Å². The third-order valence-corrected chi connectivity index (χ3v) is 7.90. The highest BCUT2D eigenvalue weighted by molar-refractivity contribution is 7.22. The van der Waals surface area contributed by atoms with Gasteiger partial charge in [-0.2, -0.15) is 0 Å². The van der Waals surface area contributed by atoms with Gasteiger partial charge in [-0.15, -0.1) is 22.7 Å². The van der Waals surface area contributed by atoms with Gasteiger partial charge in [0.2, 0.25) is 0 Å². The van der Waals surface area contributed by atoms with E-state index in [0.717, 1.165) is 45.0 Å². The molecule has 7 rings (SSSR count). The van der Waals surface area contributed by atoms with E-state index in [1.54, 1.807) is 28.9 Å². The van der Waals surface area contributed by atoms with Crippen LogP contribution in [-0.2, 0) is 0 Å². The molecule has 0 amide bonds. The van der Waals surface area contributed by atoms with Crippen molar-refractivity contribution in [1.29, 1.82) is 0 Å². The van der Waals surface area contributed by atoms with Crippen LogP contribution < -0.4 is 0 Å². The summed E-state index contributed by atoms with van der Waals surface area (Å²) < 4.78 is 13.5. The van der Waals surface area contributed by atoms with Crippen molar-refractivity contribution in [2.75, 3.05) is 0 Å². The molecule has 0 saturated carbocycles. The number of hydrogen-bond acceptors (Lipinski definition) is 4. The standard InChI is InChI=1S/C28H17NO2S2/c1-3-9-19-17(7-1)15-21(31-19)25-26(23-12-6-14-32-23)28(29-27(25)20-10-5-13-30-20)24-16-18-8-2-4-11-22(18)33-24/h1-16,29H. The normalized spacial score (nSPS) is 11.6. The van der Waals surface area contributed by atoms with Crippen LogP contribution in [0, 0.1) is 0 Å². The fraction of sp³-hybridized carbons (Fsp3) is 0. The number of rotatable bonds is 4. The zero-order valence-electron chi connectivity index (χ0n) is 17.4. The molecular formula is C28H17NO2S2. The van der Waals surface area contributed by atoms with Crippen molar-refractivity contribution in [2.45, 2.75) is 0 Å². The number of benzene rings is 2. The molecule has 0 aliphatic heterocycles. The van der Waals surface area contributed by atoms with Gasteiger partial charge in [0, 0.05) is 20.5 Å². The van der Waals surface area contributed by atoms with Gasteiger partial charge in [0.05, 0.1) is 28.1 Å². The predicted molar refractivity (Wildman–Crippen MR) is 138 cm³/mol. The summed E-state index contributed by atoms with van der Waals surface area (Å²) in [5, 5.41) is 4.44. The van der Waals surface area contributed by atoms with Gasteiger partial charge in [0.1, 0.15) is 11.3 Å². The smallest absolute Gasteiger partial charge is 0.150 e. The molecule has 0 spiro atoms. The first-order chi connectivity index (χ1) is 16.3. The maximum atomic E-state index is 6.39. The Morgan fingerprint density at radius 2 is 1.55 bits per heavy atom. The lowest BCUT2D eigenvalue weighted by Gasteiger charge is -2.04. The number of furan rings is 2. The van der Waals surface area contributed by atoms with Crippen molar-refractivity contribution in [3.8, 4) is 43.8 Å². The number of aromatic nitrogens is 1. The third-order valence-electron chi connectivity index (χ3n) is 5.88. The predicted octanol–water partition coefficient (Wildman–Crippen LogP) is 9.30. The summed E-state index contributed by atoms with van der Waals surface area (Å²) in [4.78, 5) is 6.10. The van der Waals surface area contributed by atoms with E-state index < -0.39 is 0 Å². The molecule has 158 valence electrons. The van der Waals surface area contributed by atoms with Gasteiger partial charge in [-0.25, -0.2) is 0 Å². The highest BCUT2D eigenvalue weighted by atomic mass is 32.1. The lowest BCUT2D eigenvalue weighted by molar-refractivity contribution is 0.580. The minimum Gasteiger partial charge on any atom is -0.463 e. The lowest BCUT2D eigenvalue weighted by atomic mass is 10.0. The molecule has 0 fully saturated rings. The molecule has 33 heavy (non-hydrogen) atoms. The van der Waals surface area contributed by atoms with E-state index in [2.05, 4.69) is 65.0 Å². The van der Waals surface area contributed by atoms with Gasteiger partial charge in [0.25, 0.3) is 0 Å². The summed E-state index contributed by atoms with van der Waals surface area (Å²) in [6, 6.07) is 29.2. The molecule has 2 aromatic carbocycles. The number of hydrogen-bond donors (Lipinski definition) is 1. The molecule has 0 bridgehead atoms. The Balaban J connectivity index is 1.58. The van der Waals surface area contributed by atoms with Crippen molar-refractivity contribution in [1.82, 2.24) is 4.98 Å². The van der Waals surface area contributed by atoms with Crippen LogP contribution in [-0.4, -0.2) is 4.98 Å². The summed E-state index contributed by atoms with van der Waals surface area (Å²) in [5.74, 6) is 1.62. The first kappa shape index (κ1) is 18.7.